The molecule has 2 aromatic rings. The highest BCUT2D eigenvalue weighted by atomic mass is 32.2. The number of thioether (sulfide) groups is 1. The molecule has 3 atom stereocenters. The molecule has 2 rings (SSSR count). The molecule has 30 heavy (non-hydrogen) atoms. The molecule has 0 radical (unpaired) electrons. The van der Waals surface area contributed by atoms with E-state index in [0.717, 1.165) is 36.4 Å². The molecule has 164 valence electrons. The third-order valence-electron chi connectivity index (χ3n) is 5.17. The van der Waals surface area contributed by atoms with Gasteiger partial charge in [-0.25, -0.2) is 9.37 Å². The van der Waals surface area contributed by atoms with Gasteiger partial charge in [0.05, 0.1) is 12.3 Å². The van der Waals surface area contributed by atoms with E-state index in [9.17, 15) is 14.3 Å². The summed E-state index contributed by atoms with van der Waals surface area (Å²) in [6, 6.07) is 8.54. The van der Waals surface area contributed by atoms with E-state index in [4.69, 9.17) is 4.74 Å². The van der Waals surface area contributed by atoms with Gasteiger partial charge in [0, 0.05) is 11.4 Å². The summed E-state index contributed by atoms with van der Waals surface area (Å²) in [5.74, 6) is 0.0687. The lowest BCUT2D eigenvalue weighted by Gasteiger charge is -2.20. The Hall–Kier alpha value is -2.12. The third kappa shape index (κ3) is 7.29. The van der Waals surface area contributed by atoms with Crippen molar-refractivity contribution in [3.8, 4) is 11.6 Å². The number of nitrogens with one attached hydrogen (secondary N) is 1. The molecule has 7 heteroatoms. The van der Waals surface area contributed by atoms with Gasteiger partial charge in [0.25, 0.3) is 5.91 Å². The Labute approximate surface area is 182 Å². The molecular formula is C23H31FN2O3S. The van der Waals surface area contributed by atoms with Crippen molar-refractivity contribution in [2.24, 2.45) is 11.8 Å². The van der Waals surface area contributed by atoms with Crippen molar-refractivity contribution in [3.63, 3.8) is 0 Å². The van der Waals surface area contributed by atoms with E-state index in [1.807, 2.05) is 38.3 Å². The second-order valence-corrected chi connectivity index (χ2v) is 8.47. The Morgan fingerprint density at radius 1 is 1.30 bits per heavy atom. The van der Waals surface area contributed by atoms with Crippen molar-refractivity contribution in [3.05, 3.63) is 47.9 Å². The highest BCUT2D eigenvalue weighted by Crippen LogP contribution is 2.27. The fourth-order valence-electron chi connectivity index (χ4n) is 3.20. The lowest BCUT2D eigenvalue weighted by Crippen LogP contribution is -2.29. The van der Waals surface area contributed by atoms with Crippen LogP contribution in [-0.4, -0.2) is 34.9 Å². The molecule has 1 aromatic carbocycles. The number of ether oxygens (including phenoxy) is 1. The topological polar surface area (TPSA) is 71.5 Å². The summed E-state index contributed by atoms with van der Waals surface area (Å²) >= 11 is 1.57. The van der Waals surface area contributed by atoms with E-state index in [0.29, 0.717) is 12.3 Å². The smallest absolute Gasteiger partial charge is 0.256 e. The van der Waals surface area contributed by atoms with E-state index in [2.05, 4.69) is 17.2 Å². The van der Waals surface area contributed by atoms with Crippen molar-refractivity contribution < 1.29 is 19.0 Å². The standard InChI is InChI=1S/C23H31FN2O3S/c1-5-17(16(3)27)10-9-15(2)13-25-22(28)21-11-18(24)14-26-23(21)29-19-7-6-8-20(12-19)30-4/h6-8,11-12,14-17,27H,5,9-10,13H2,1-4H3,(H,25,28). The number of benzene rings is 1. The number of aromatic nitrogens is 1. The van der Waals surface area contributed by atoms with Crippen molar-refractivity contribution >= 4 is 17.7 Å². The second kappa shape index (κ2) is 11.9. The minimum absolute atomic E-state index is 0.0622. The van der Waals surface area contributed by atoms with Crippen LogP contribution in [0.1, 0.15) is 50.4 Å². The largest absolute Gasteiger partial charge is 0.438 e. The zero-order valence-electron chi connectivity index (χ0n) is 18.0. The van der Waals surface area contributed by atoms with Gasteiger partial charge in [-0.1, -0.05) is 26.3 Å². The number of halogens is 1. The van der Waals surface area contributed by atoms with Gasteiger partial charge in [-0.05, 0) is 62.1 Å². The van der Waals surface area contributed by atoms with Crippen LogP contribution in [0.5, 0.6) is 11.6 Å². The molecule has 0 aliphatic rings. The van der Waals surface area contributed by atoms with Crippen LogP contribution in [0.15, 0.2) is 41.4 Å². The number of carbonyl (C=O) groups excluding carboxylic acids is 1. The highest BCUT2D eigenvalue weighted by Gasteiger charge is 2.18. The Kier molecular flexibility index (Phi) is 9.59. The van der Waals surface area contributed by atoms with Crippen LogP contribution in [0.2, 0.25) is 0 Å². The Balaban J connectivity index is 2.02. The van der Waals surface area contributed by atoms with Crippen LogP contribution >= 0.6 is 11.8 Å². The van der Waals surface area contributed by atoms with Crippen LogP contribution in [0.4, 0.5) is 4.39 Å². The summed E-state index contributed by atoms with van der Waals surface area (Å²) in [6.07, 6.45) is 5.36. The zero-order chi connectivity index (χ0) is 22.1. The summed E-state index contributed by atoms with van der Waals surface area (Å²) in [5.41, 5.74) is 0.0622. The zero-order valence-corrected chi connectivity index (χ0v) is 18.8. The van der Waals surface area contributed by atoms with E-state index in [1.54, 1.807) is 17.8 Å². The SMILES string of the molecule is CCC(CCC(C)CNC(=O)c1cc(F)cnc1Oc1cccc(SC)c1)C(C)O. The molecule has 0 saturated heterocycles. The van der Waals surface area contributed by atoms with Crippen LogP contribution in [-0.2, 0) is 0 Å². The minimum Gasteiger partial charge on any atom is -0.438 e. The number of carbonyl (C=O) groups is 1. The number of nitrogens with zero attached hydrogens (tertiary/aromatic N) is 1. The molecule has 0 spiro atoms. The Morgan fingerprint density at radius 3 is 2.73 bits per heavy atom. The quantitative estimate of drug-likeness (QED) is 0.470. The van der Waals surface area contributed by atoms with Gasteiger partial charge in [0.2, 0.25) is 5.88 Å². The number of amides is 1. The first-order valence-corrected chi connectivity index (χ1v) is 11.5. The second-order valence-electron chi connectivity index (χ2n) is 7.59. The first-order valence-electron chi connectivity index (χ1n) is 10.3. The summed E-state index contributed by atoms with van der Waals surface area (Å²) in [5, 5.41) is 12.6. The minimum atomic E-state index is -0.596. The molecular weight excluding hydrogens is 403 g/mol. The Bertz CT molecular complexity index is 832. The predicted octanol–water partition coefficient (Wildman–Crippen LogP) is 5.29. The fourth-order valence-corrected chi connectivity index (χ4v) is 3.64. The van der Waals surface area contributed by atoms with E-state index in [1.165, 1.54) is 0 Å². The number of aliphatic hydroxyl groups excluding tert-OH is 1. The van der Waals surface area contributed by atoms with Gasteiger partial charge >= 0.3 is 0 Å². The highest BCUT2D eigenvalue weighted by molar-refractivity contribution is 7.98. The Morgan fingerprint density at radius 2 is 2.07 bits per heavy atom. The van der Waals surface area contributed by atoms with Crippen LogP contribution in [0.25, 0.3) is 0 Å². The maximum Gasteiger partial charge on any atom is 0.256 e. The lowest BCUT2D eigenvalue weighted by atomic mass is 9.91. The maximum absolute atomic E-state index is 13.8. The van der Waals surface area contributed by atoms with E-state index >= 15 is 0 Å². The molecule has 1 aromatic heterocycles. The third-order valence-corrected chi connectivity index (χ3v) is 5.89. The molecule has 0 bridgehead atoms. The van der Waals surface area contributed by atoms with Crippen LogP contribution in [0.3, 0.4) is 0 Å². The number of pyridine rings is 1. The first-order chi connectivity index (χ1) is 14.3. The monoisotopic (exact) mass is 434 g/mol. The number of hydrogen-bond donors (Lipinski definition) is 2. The average Bonchev–Trinajstić information content (AvgIpc) is 2.73. The molecule has 3 unspecified atom stereocenters. The summed E-state index contributed by atoms with van der Waals surface area (Å²) < 4.78 is 19.5. The predicted molar refractivity (Wildman–Crippen MR) is 119 cm³/mol. The molecule has 0 aliphatic carbocycles. The normalized spacial score (nSPS) is 14.1. The van der Waals surface area contributed by atoms with Gasteiger partial charge in [-0.15, -0.1) is 11.8 Å². The number of aliphatic hydroxyl groups is 1. The van der Waals surface area contributed by atoms with E-state index in [-0.39, 0.29) is 29.4 Å². The molecule has 2 N–H and O–H groups in total. The van der Waals surface area contributed by atoms with Crippen molar-refractivity contribution in [2.75, 3.05) is 12.8 Å². The average molecular weight is 435 g/mol. The van der Waals surface area contributed by atoms with Crippen molar-refractivity contribution in [1.29, 1.82) is 0 Å². The van der Waals surface area contributed by atoms with Gasteiger partial charge in [-0.2, -0.15) is 0 Å². The van der Waals surface area contributed by atoms with Crippen molar-refractivity contribution in [1.82, 2.24) is 10.3 Å². The molecule has 0 fully saturated rings. The fraction of sp³-hybridized carbons (Fsp3) is 0.478. The number of hydrogen-bond acceptors (Lipinski definition) is 5. The van der Waals surface area contributed by atoms with E-state index < -0.39 is 11.7 Å². The van der Waals surface area contributed by atoms with Crippen molar-refractivity contribution in [2.45, 2.75) is 51.0 Å². The number of rotatable bonds is 11. The summed E-state index contributed by atoms with van der Waals surface area (Å²) in [7, 11) is 0. The van der Waals surface area contributed by atoms with Gasteiger partial charge in [-0.3, -0.25) is 4.79 Å². The van der Waals surface area contributed by atoms with Gasteiger partial charge in [0.1, 0.15) is 17.1 Å². The first kappa shape index (κ1) is 24.2. The lowest BCUT2D eigenvalue weighted by molar-refractivity contribution is 0.0937. The molecule has 1 amide bonds. The summed E-state index contributed by atoms with van der Waals surface area (Å²) in [4.78, 5) is 17.7. The van der Waals surface area contributed by atoms with Gasteiger partial charge < -0.3 is 15.2 Å². The molecule has 5 nitrogen and oxygen atoms in total. The van der Waals surface area contributed by atoms with Crippen LogP contribution in [0, 0.1) is 17.7 Å². The maximum atomic E-state index is 13.8. The van der Waals surface area contributed by atoms with Crippen LogP contribution < -0.4 is 10.1 Å². The molecule has 1 heterocycles. The molecule has 0 saturated carbocycles. The summed E-state index contributed by atoms with van der Waals surface area (Å²) in [6.45, 7) is 6.38. The molecule has 0 aliphatic heterocycles. The van der Waals surface area contributed by atoms with Gasteiger partial charge in [0.15, 0.2) is 0 Å².